The first kappa shape index (κ1) is 6.00. The molecule has 5 nitrogen and oxygen atoms in total. The SMILES string of the molecule is CN1C=NCC1[N+](=O)[O-]. The summed E-state index contributed by atoms with van der Waals surface area (Å²) in [4.78, 5) is 15.0. The predicted octanol–water partition coefficient (Wildman–Crippen LogP) is -0.437. The zero-order valence-electron chi connectivity index (χ0n) is 5.02. The van der Waals surface area contributed by atoms with Gasteiger partial charge in [0.1, 0.15) is 6.54 Å². The van der Waals surface area contributed by atoms with E-state index in [1.165, 1.54) is 11.2 Å². The highest BCUT2D eigenvalue weighted by molar-refractivity contribution is 5.56. The maximum absolute atomic E-state index is 10.1. The van der Waals surface area contributed by atoms with Crippen molar-refractivity contribution < 1.29 is 4.92 Å². The zero-order valence-corrected chi connectivity index (χ0v) is 5.02. The van der Waals surface area contributed by atoms with E-state index in [2.05, 4.69) is 4.99 Å². The van der Waals surface area contributed by atoms with Crippen molar-refractivity contribution in [3.63, 3.8) is 0 Å². The molecular weight excluding hydrogens is 122 g/mol. The Balaban J connectivity index is 2.55. The minimum Gasteiger partial charge on any atom is -0.302 e. The molecule has 0 aromatic carbocycles. The van der Waals surface area contributed by atoms with Crippen LogP contribution in [-0.2, 0) is 0 Å². The molecule has 0 aromatic rings. The minimum atomic E-state index is -0.634. The second kappa shape index (κ2) is 2.00. The van der Waals surface area contributed by atoms with E-state index in [9.17, 15) is 10.1 Å². The molecule has 0 radical (unpaired) electrons. The van der Waals surface area contributed by atoms with Gasteiger partial charge in [-0.15, -0.1) is 0 Å². The fourth-order valence-electron chi connectivity index (χ4n) is 0.691. The van der Waals surface area contributed by atoms with E-state index in [0.29, 0.717) is 0 Å². The highest BCUT2D eigenvalue weighted by atomic mass is 16.6. The Morgan fingerprint density at radius 3 is 2.89 bits per heavy atom. The lowest BCUT2D eigenvalue weighted by Crippen LogP contribution is -2.34. The van der Waals surface area contributed by atoms with E-state index >= 15 is 0 Å². The van der Waals surface area contributed by atoms with Crippen LogP contribution in [0, 0.1) is 10.1 Å². The average molecular weight is 129 g/mol. The van der Waals surface area contributed by atoms with Crippen LogP contribution in [0.25, 0.3) is 0 Å². The van der Waals surface area contributed by atoms with Crippen LogP contribution >= 0.6 is 0 Å². The van der Waals surface area contributed by atoms with Gasteiger partial charge in [0.05, 0.1) is 6.34 Å². The molecule has 50 valence electrons. The molecule has 0 bridgehead atoms. The van der Waals surface area contributed by atoms with Crippen molar-refractivity contribution in [2.45, 2.75) is 6.17 Å². The van der Waals surface area contributed by atoms with Gasteiger partial charge in [-0.3, -0.25) is 15.1 Å². The maximum atomic E-state index is 10.1. The normalized spacial score (nSPS) is 25.0. The molecule has 1 atom stereocenters. The molecule has 1 unspecified atom stereocenters. The smallest absolute Gasteiger partial charge is 0.302 e. The fourth-order valence-corrected chi connectivity index (χ4v) is 0.691. The van der Waals surface area contributed by atoms with Crippen molar-refractivity contribution >= 4 is 6.34 Å². The first-order valence-corrected chi connectivity index (χ1v) is 2.57. The molecule has 0 aliphatic carbocycles. The van der Waals surface area contributed by atoms with Gasteiger partial charge in [0, 0.05) is 12.0 Å². The summed E-state index contributed by atoms with van der Waals surface area (Å²) in [6.45, 7) is 0.281. The summed E-state index contributed by atoms with van der Waals surface area (Å²) in [6.07, 6.45) is 0.845. The average Bonchev–Trinajstić information content (AvgIpc) is 2.13. The Labute approximate surface area is 52.1 Å². The van der Waals surface area contributed by atoms with Crippen LogP contribution in [-0.4, -0.2) is 35.9 Å². The molecule has 0 aromatic heterocycles. The van der Waals surface area contributed by atoms with Gasteiger partial charge in [0.15, 0.2) is 0 Å². The maximum Gasteiger partial charge on any atom is 0.307 e. The summed E-state index contributed by atoms with van der Waals surface area (Å²) in [7, 11) is 1.64. The Bertz CT molecular complexity index is 156. The van der Waals surface area contributed by atoms with Crippen molar-refractivity contribution in [2.24, 2.45) is 4.99 Å². The largest absolute Gasteiger partial charge is 0.307 e. The van der Waals surface area contributed by atoms with Gasteiger partial charge in [0.2, 0.25) is 0 Å². The van der Waals surface area contributed by atoms with E-state index in [1.54, 1.807) is 7.05 Å². The van der Waals surface area contributed by atoms with Crippen LogP contribution in [0.3, 0.4) is 0 Å². The van der Waals surface area contributed by atoms with E-state index in [-0.39, 0.29) is 11.5 Å². The van der Waals surface area contributed by atoms with Gasteiger partial charge in [-0.2, -0.15) is 0 Å². The minimum absolute atomic E-state index is 0.281. The molecule has 0 N–H and O–H groups in total. The van der Waals surface area contributed by atoms with E-state index < -0.39 is 6.17 Å². The summed E-state index contributed by atoms with van der Waals surface area (Å²) in [5, 5.41) is 10.1. The summed E-state index contributed by atoms with van der Waals surface area (Å²) in [6, 6.07) is 0. The Morgan fingerprint density at radius 2 is 2.67 bits per heavy atom. The number of nitro groups is 1. The molecular formula is C4H7N3O2. The molecule has 0 amide bonds. The van der Waals surface area contributed by atoms with E-state index in [4.69, 9.17) is 0 Å². The standard InChI is InChI=1S/C4H7N3O2/c1-6-3-5-2-4(6)7(8)9/h3-4H,2H2,1H3. The second-order valence-corrected chi connectivity index (χ2v) is 1.91. The molecule has 1 heterocycles. The van der Waals surface area contributed by atoms with Gasteiger partial charge in [-0.05, 0) is 0 Å². The lowest BCUT2D eigenvalue weighted by molar-refractivity contribution is -0.537. The van der Waals surface area contributed by atoms with Gasteiger partial charge in [-0.1, -0.05) is 0 Å². The molecule has 5 heteroatoms. The number of hydrogen-bond donors (Lipinski definition) is 0. The zero-order chi connectivity index (χ0) is 6.85. The third kappa shape index (κ3) is 0.984. The summed E-state index contributed by atoms with van der Waals surface area (Å²) >= 11 is 0. The Hall–Kier alpha value is -1.13. The molecule has 1 rings (SSSR count). The first-order valence-electron chi connectivity index (χ1n) is 2.57. The second-order valence-electron chi connectivity index (χ2n) is 1.91. The van der Waals surface area contributed by atoms with Gasteiger partial charge >= 0.3 is 6.17 Å². The summed E-state index contributed by atoms with van der Waals surface area (Å²) in [5.74, 6) is 0. The van der Waals surface area contributed by atoms with Crippen molar-refractivity contribution in [3.8, 4) is 0 Å². The van der Waals surface area contributed by atoms with Crippen LogP contribution in [0.4, 0.5) is 0 Å². The van der Waals surface area contributed by atoms with Crippen molar-refractivity contribution in [1.82, 2.24) is 4.90 Å². The lowest BCUT2D eigenvalue weighted by atomic mass is 10.5. The van der Waals surface area contributed by atoms with Crippen LogP contribution in [0.5, 0.6) is 0 Å². The van der Waals surface area contributed by atoms with Crippen molar-refractivity contribution in [3.05, 3.63) is 10.1 Å². The topological polar surface area (TPSA) is 58.7 Å². The summed E-state index contributed by atoms with van der Waals surface area (Å²) in [5.41, 5.74) is 0. The monoisotopic (exact) mass is 129 g/mol. The van der Waals surface area contributed by atoms with E-state index in [1.807, 2.05) is 0 Å². The van der Waals surface area contributed by atoms with Crippen LogP contribution in [0.2, 0.25) is 0 Å². The molecule has 0 saturated carbocycles. The van der Waals surface area contributed by atoms with Crippen LogP contribution in [0.1, 0.15) is 0 Å². The Kier molecular flexibility index (Phi) is 1.33. The number of aliphatic imine (C=N–C) groups is 1. The number of nitrogens with zero attached hydrogens (tertiary/aromatic N) is 3. The number of hydrogen-bond acceptors (Lipinski definition) is 4. The number of likely N-dealkylation sites (N-methyl/N-ethyl adjacent to an activating group) is 1. The lowest BCUT2D eigenvalue weighted by Gasteiger charge is -2.09. The predicted molar refractivity (Wildman–Crippen MR) is 31.9 cm³/mol. The third-order valence-electron chi connectivity index (χ3n) is 1.25. The molecule has 9 heavy (non-hydrogen) atoms. The van der Waals surface area contributed by atoms with Gasteiger partial charge < -0.3 is 4.90 Å². The molecule has 1 aliphatic heterocycles. The van der Waals surface area contributed by atoms with E-state index in [0.717, 1.165) is 0 Å². The van der Waals surface area contributed by atoms with Gasteiger partial charge in [-0.25, -0.2) is 0 Å². The highest BCUT2D eigenvalue weighted by Crippen LogP contribution is 2.01. The quantitative estimate of drug-likeness (QED) is 0.356. The Morgan fingerprint density at radius 1 is 2.00 bits per heavy atom. The fraction of sp³-hybridized carbons (Fsp3) is 0.750. The first-order chi connectivity index (χ1) is 4.22. The van der Waals surface area contributed by atoms with Crippen molar-refractivity contribution in [2.75, 3.05) is 13.6 Å². The molecule has 0 saturated heterocycles. The van der Waals surface area contributed by atoms with Crippen LogP contribution in [0.15, 0.2) is 4.99 Å². The molecule has 0 spiro atoms. The third-order valence-corrected chi connectivity index (χ3v) is 1.25. The summed E-state index contributed by atoms with van der Waals surface area (Å²) < 4.78 is 0. The number of rotatable bonds is 1. The van der Waals surface area contributed by atoms with Crippen LogP contribution < -0.4 is 0 Å². The molecule has 1 aliphatic rings. The molecule has 0 fully saturated rings. The van der Waals surface area contributed by atoms with Crippen molar-refractivity contribution in [1.29, 1.82) is 0 Å². The van der Waals surface area contributed by atoms with Gasteiger partial charge in [0.25, 0.3) is 0 Å². The highest BCUT2D eigenvalue weighted by Gasteiger charge is 2.26.